The molecule has 0 spiro atoms. The van der Waals surface area contributed by atoms with Gasteiger partial charge in [0.25, 0.3) is 0 Å². The molecular weight excluding hydrogens is 918 g/mol. The number of nitrogens with zero attached hydrogens (tertiary/aromatic N) is 1. The summed E-state index contributed by atoms with van der Waals surface area (Å²) in [6, 6.07) is 0. The third kappa shape index (κ3) is 57.3. The summed E-state index contributed by atoms with van der Waals surface area (Å²) in [5.74, 6) is -0.799. The molecule has 0 bridgehead atoms. The number of quaternary nitrogens is 1. The van der Waals surface area contributed by atoms with E-state index < -0.39 is 26.5 Å². The molecule has 0 saturated heterocycles. The number of likely N-dealkylation sites (N-methyl/N-ethyl adjacent to an activating group) is 1. The number of phosphoric acid groups is 1. The molecule has 0 fully saturated rings. The summed E-state index contributed by atoms with van der Waals surface area (Å²) < 4.78 is 34.6. The first-order valence-electron chi connectivity index (χ1n) is 30.4. The number of hydrogen-bond acceptors (Lipinski definition) is 7. The Labute approximate surface area is 445 Å². The third-order valence-corrected chi connectivity index (χ3v) is 14.3. The molecule has 2 unspecified atom stereocenters. The molecule has 0 aliphatic heterocycles. The molecule has 0 aliphatic rings. The van der Waals surface area contributed by atoms with Gasteiger partial charge in [0.2, 0.25) is 0 Å². The highest BCUT2D eigenvalue weighted by atomic mass is 31.2. The van der Waals surface area contributed by atoms with Crippen LogP contribution in [-0.2, 0) is 32.7 Å². The molecule has 0 radical (unpaired) electrons. The second kappa shape index (κ2) is 53.8. The van der Waals surface area contributed by atoms with Gasteiger partial charge in [-0.1, -0.05) is 249 Å². The van der Waals surface area contributed by atoms with Gasteiger partial charge in [-0.05, 0) is 70.6 Å². The van der Waals surface area contributed by atoms with Crippen molar-refractivity contribution in [3.8, 4) is 0 Å². The molecule has 0 amide bonds. The van der Waals surface area contributed by atoms with E-state index in [0.29, 0.717) is 17.4 Å². The van der Waals surface area contributed by atoms with Crippen LogP contribution in [0.2, 0.25) is 0 Å². The molecule has 0 aliphatic carbocycles. The predicted molar refractivity (Wildman–Crippen MR) is 307 cm³/mol. The van der Waals surface area contributed by atoms with Crippen molar-refractivity contribution in [2.45, 2.75) is 290 Å². The van der Waals surface area contributed by atoms with Gasteiger partial charge in [0.1, 0.15) is 19.8 Å². The van der Waals surface area contributed by atoms with Crippen molar-refractivity contribution < 1.29 is 42.1 Å². The molecule has 9 nitrogen and oxygen atoms in total. The summed E-state index contributed by atoms with van der Waals surface area (Å²) in [6.07, 6.45) is 67.7. The van der Waals surface area contributed by atoms with Crippen molar-refractivity contribution in [2.75, 3.05) is 47.5 Å². The number of ether oxygens (including phenoxy) is 2. The lowest BCUT2D eigenvalue weighted by molar-refractivity contribution is -0.870. The minimum atomic E-state index is -4.39. The standard InChI is InChI=1S/C62H116NO8P/c1-6-8-10-12-14-16-18-20-22-24-25-26-27-28-29-30-31-32-33-34-35-36-37-39-40-42-44-46-48-50-52-54-61(64)68-58-60(59-70-72(66,67)69-57-56-63(3,4)5)71-62(65)55-53-51-49-47-45-43-41-38-23-21-19-17-15-13-11-9-7-2/h9,11,15,17,21,23-25,60H,6-8,10,12-14,16,18-20,22,26-59H2,1-5H3/p+1/b11-9-,17-15-,23-21-,25-24-. The second-order valence-electron chi connectivity index (χ2n) is 21.7. The van der Waals surface area contributed by atoms with Gasteiger partial charge in [0.15, 0.2) is 6.10 Å². The normalized spacial score (nSPS) is 13.6. The molecule has 72 heavy (non-hydrogen) atoms. The lowest BCUT2D eigenvalue weighted by Gasteiger charge is -2.24. The number of allylic oxidation sites excluding steroid dienone is 8. The Morgan fingerprint density at radius 3 is 1.19 bits per heavy atom. The van der Waals surface area contributed by atoms with E-state index in [1.165, 1.54) is 186 Å². The summed E-state index contributed by atoms with van der Waals surface area (Å²) in [4.78, 5) is 35.7. The molecule has 0 aromatic heterocycles. The number of phosphoric ester groups is 1. The number of carbonyl (C=O) groups excluding carboxylic acids is 2. The summed E-state index contributed by atoms with van der Waals surface area (Å²) in [7, 11) is 1.48. The van der Waals surface area contributed by atoms with Crippen LogP contribution in [0.3, 0.4) is 0 Å². The second-order valence-corrected chi connectivity index (χ2v) is 23.2. The molecule has 10 heteroatoms. The topological polar surface area (TPSA) is 108 Å². The van der Waals surface area contributed by atoms with Crippen molar-refractivity contribution in [2.24, 2.45) is 0 Å². The van der Waals surface area contributed by atoms with E-state index in [9.17, 15) is 19.0 Å². The van der Waals surface area contributed by atoms with Gasteiger partial charge in [0, 0.05) is 12.8 Å². The van der Waals surface area contributed by atoms with Gasteiger partial charge in [-0.3, -0.25) is 18.6 Å². The van der Waals surface area contributed by atoms with Gasteiger partial charge < -0.3 is 18.9 Å². The van der Waals surface area contributed by atoms with E-state index in [4.69, 9.17) is 18.5 Å². The zero-order chi connectivity index (χ0) is 52.7. The Kier molecular flexibility index (Phi) is 52.3. The maximum atomic E-state index is 12.8. The number of rotatable bonds is 56. The van der Waals surface area contributed by atoms with Gasteiger partial charge in [-0.15, -0.1) is 0 Å². The maximum absolute atomic E-state index is 12.8. The molecule has 0 heterocycles. The lowest BCUT2D eigenvalue weighted by atomic mass is 10.0. The molecule has 0 aromatic rings. The molecule has 422 valence electrons. The highest BCUT2D eigenvalue weighted by Gasteiger charge is 2.27. The molecule has 2 atom stereocenters. The highest BCUT2D eigenvalue weighted by molar-refractivity contribution is 7.47. The van der Waals surface area contributed by atoms with Crippen LogP contribution in [-0.4, -0.2) is 74.9 Å². The van der Waals surface area contributed by atoms with E-state index in [1.807, 2.05) is 21.1 Å². The zero-order valence-electron chi connectivity index (χ0n) is 47.9. The van der Waals surface area contributed by atoms with Crippen LogP contribution in [0.5, 0.6) is 0 Å². The van der Waals surface area contributed by atoms with Gasteiger partial charge >= 0.3 is 19.8 Å². The van der Waals surface area contributed by atoms with Crippen molar-refractivity contribution >= 4 is 19.8 Å². The smallest absolute Gasteiger partial charge is 0.462 e. The third-order valence-electron chi connectivity index (χ3n) is 13.3. The maximum Gasteiger partial charge on any atom is 0.472 e. The number of carbonyl (C=O) groups is 2. The molecule has 0 saturated carbocycles. The summed E-state index contributed by atoms with van der Waals surface area (Å²) in [5.41, 5.74) is 0. The number of hydrogen-bond donors (Lipinski definition) is 1. The van der Waals surface area contributed by atoms with Gasteiger partial charge in [-0.25, -0.2) is 4.57 Å². The Morgan fingerprint density at radius 2 is 0.792 bits per heavy atom. The Balaban J connectivity index is 4.03. The summed E-state index contributed by atoms with van der Waals surface area (Å²) in [6.45, 7) is 4.34. The van der Waals surface area contributed by atoms with Crippen LogP contribution in [0.15, 0.2) is 48.6 Å². The van der Waals surface area contributed by atoms with Gasteiger partial charge in [0.05, 0.1) is 27.7 Å². The average molecular weight is 1040 g/mol. The minimum absolute atomic E-state index is 0.0297. The predicted octanol–water partition coefficient (Wildman–Crippen LogP) is 18.9. The summed E-state index contributed by atoms with van der Waals surface area (Å²) >= 11 is 0. The zero-order valence-corrected chi connectivity index (χ0v) is 48.8. The van der Waals surface area contributed by atoms with Crippen LogP contribution >= 0.6 is 7.82 Å². The van der Waals surface area contributed by atoms with Gasteiger partial charge in [-0.2, -0.15) is 0 Å². The molecular formula is C62H117NO8P+. The number of esters is 2. The van der Waals surface area contributed by atoms with Crippen molar-refractivity contribution in [1.82, 2.24) is 0 Å². The van der Waals surface area contributed by atoms with Crippen molar-refractivity contribution in [3.63, 3.8) is 0 Å². The Hall–Kier alpha value is -2.03. The van der Waals surface area contributed by atoms with E-state index >= 15 is 0 Å². The first-order chi connectivity index (χ1) is 35.0. The van der Waals surface area contributed by atoms with Crippen molar-refractivity contribution in [3.05, 3.63) is 48.6 Å². The molecule has 1 N–H and O–H groups in total. The van der Waals surface area contributed by atoms with E-state index in [2.05, 4.69) is 62.5 Å². The van der Waals surface area contributed by atoms with Crippen LogP contribution in [0.1, 0.15) is 284 Å². The first-order valence-corrected chi connectivity index (χ1v) is 31.9. The van der Waals surface area contributed by atoms with Crippen LogP contribution < -0.4 is 0 Å². The highest BCUT2D eigenvalue weighted by Crippen LogP contribution is 2.43. The van der Waals surface area contributed by atoms with E-state index in [0.717, 1.165) is 64.2 Å². The SMILES string of the molecule is CC/C=C\C/C=C\C/C=C\CCCCCCCCCC(=O)OC(COC(=O)CCCCCCCCCCCCCCCCCCCCC/C=C\CCCCCCCCCC)COP(=O)(O)OCC[N+](C)(C)C. The fourth-order valence-corrected chi connectivity index (χ4v) is 9.42. The number of unbranched alkanes of at least 4 members (excludes halogenated alkanes) is 34. The Bertz CT molecular complexity index is 1360. The molecule has 0 rings (SSSR count). The lowest BCUT2D eigenvalue weighted by Crippen LogP contribution is -2.37. The fourth-order valence-electron chi connectivity index (χ4n) is 8.67. The quantitative estimate of drug-likeness (QED) is 0.0211. The minimum Gasteiger partial charge on any atom is -0.462 e. The van der Waals surface area contributed by atoms with Crippen LogP contribution in [0.25, 0.3) is 0 Å². The molecule has 0 aromatic carbocycles. The van der Waals surface area contributed by atoms with Crippen LogP contribution in [0, 0.1) is 0 Å². The monoisotopic (exact) mass is 1030 g/mol. The Morgan fingerprint density at radius 1 is 0.444 bits per heavy atom. The average Bonchev–Trinajstić information content (AvgIpc) is 3.34. The first kappa shape index (κ1) is 70.0. The summed E-state index contributed by atoms with van der Waals surface area (Å²) in [5, 5.41) is 0. The van der Waals surface area contributed by atoms with Crippen molar-refractivity contribution in [1.29, 1.82) is 0 Å². The largest absolute Gasteiger partial charge is 0.472 e. The van der Waals surface area contributed by atoms with Crippen LogP contribution in [0.4, 0.5) is 0 Å². The fraction of sp³-hybridized carbons (Fsp3) is 0.839. The van der Waals surface area contributed by atoms with E-state index in [-0.39, 0.29) is 32.0 Å². The van der Waals surface area contributed by atoms with E-state index in [1.54, 1.807) is 0 Å².